The molecule has 136 valence electrons. The normalized spacial score (nSPS) is 10.9. The Labute approximate surface area is 145 Å². The molecule has 1 aromatic carbocycles. The third-order valence-corrected chi connectivity index (χ3v) is 3.76. The minimum atomic E-state index is -0.791. The molecule has 0 unspecified atom stereocenters. The highest BCUT2D eigenvalue weighted by atomic mass is 19.1. The molecule has 0 radical (unpaired) electrons. The fourth-order valence-electron chi connectivity index (χ4n) is 2.27. The lowest BCUT2D eigenvalue weighted by atomic mass is 10.3. The van der Waals surface area contributed by atoms with Gasteiger partial charge in [-0.15, -0.1) is 0 Å². The first kappa shape index (κ1) is 18.9. The number of halogens is 2. The average molecular weight is 352 g/mol. The highest BCUT2D eigenvalue weighted by Crippen LogP contribution is 2.19. The van der Waals surface area contributed by atoms with Gasteiger partial charge in [0.1, 0.15) is 18.2 Å². The van der Waals surface area contributed by atoms with Crippen molar-refractivity contribution in [3.63, 3.8) is 0 Å². The third kappa shape index (κ3) is 5.56. The fourth-order valence-corrected chi connectivity index (χ4v) is 2.27. The monoisotopic (exact) mass is 352 g/mol. The van der Waals surface area contributed by atoms with E-state index in [1.807, 2.05) is 0 Å². The lowest BCUT2D eigenvalue weighted by molar-refractivity contribution is 0.0917. The van der Waals surface area contributed by atoms with Crippen molar-refractivity contribution < 1.29 is 22.7 Å². The van der Waals surface area contributed by atoms with Crippen LogP contribution in [0.3, 0.4) is 0 Å². The van der Waals surface area contributed by atoms with E-state index in [1.54, 1.807) is 6.07 Å². The van der Waals surface area contributed by atoms with Crippen molar-refractivity contribution in [1.29, 1.82) is 0 Å². The summed E-state index contributed by atoms with van der Waals surface area (Å²) in [6.45, 7) is 7.20. The lowest BCUT2D eigenvalue weighted by Gasteiger charge is -2.17. The van der Waals surface area contributed by atoms with Crippen molar-refractivity contribution in [1.82, 2.24) is 10.2 Å². The van der Waals surface area contributed by atoms with Crippen LogP contribution in [-0.2, 0) is 6.61 Å². The Bertz CT molecular complexity index is 699. The fraction of sp³-hybridized carbons (Fsp3) is 0.389. The van der Waals surface area contributed by atoms with Crippen LogP contribution >= 0.6 is 0 Å². The zero-order valence-electron chi connectivity index (χ0n) is 14.4. The van der Waals surface area contributed by atoms with Gasteiger partial charge in [0.05, 0.1) is 0 Å². The van der Waals surface area contributed by atoms with Crippen LogP contribution in [0.2, 0.25) is 0 Å². The molecule has 7 heteroatoms. The van der Waals surface area contributed by atoms with Crippen LogP contribution < -0.4 is 10.1 Å². The first-order valence-corrected chi connectivity index (χ1v) is 8.20. The molecule has 0 aliphatic carbocycles. The van der Waals surface area contributed by atoms with Gasteiger partial charge in [0, 0.05) is 19.2 Å². The largest absolute Gasteiger partial charge is 0.483 e. The van der Waals surface area contributed by atoms with Crippen LogP contribution in [0.4, 0.5) is 8.78 Å². The molecule has 0 fully saturated rings. The number of hydrogen-bond donors (Lipinski definition) is 1. The minimum Gasteiger partial charge on any atom is -0.483 e. The second-order valence-corrected chi connectivity index (χ2v) is 5.41. The van der Waals surface area contributed by atoms with E-state index >= 15 is 0 Å². The van der Waals surface area contributed by atoms with Crippen LogP contribution in [0.25, 0.3) is 0 Å². The number of rotatable bonds is 9. The number of nitrogens with one attached hydrogen (secondary N) is 1. The minimum absolute atomic E-state index is 0.0602. The third-order valence-electron chi connectivity index (χ3n) is 3.76. The zero-order valence-corrected chi connectivity index (χ0v) is 14.4. The van der Waals surface area contributed by atoms with Crippen LogP contribution in [-0.4, -0.2) is 37.0 Å². The average Bonchev–Trinajstić information content (AvgIpc) is 3.07. The number of ether oxygens (including phenoxy) is 1. The van der Waals surface area contributed by atoms with Gasteiger partial charge in [-0.2, -0.15) is 0 Å². The quantitative estimate of drug-likeness (QED) is 0.753. The highest BCUT2D eigenvalue weighted by molar-refractivity contribution is 5.91. The molecule has 1 amide bonds. The van der Waals surface area contributed by atoms with Crippen molar-refractivity contribution in [2.24, 2.45) is 0 Å². The molecule has 1 heterocycles. The van der Waals surface area contributed by atoms with Crippen LogP contribution in [0.15, 0.2) is 34.7 Å². The van der Waals surface area contributed by atoms with E-state index in [0.29, 0.717) is 12.3 Å². The van der Waals surface area contributed by atoms with Crippen LogP contribution in [0, 0.1) is 11.6 Å². The van der Waals surface area contributed by atoms with Crippen LogP contribution in [0.1, 0.15) is 30.2 Å². The topological polar surface area (TPSA) is 54.7 Å². The molecule has 2 rings (SSSR count). The summed E-state index contributed by atoms with van der Waals surface area (Å²) in [4.78, 5) is 14.2. The predicted molar refractivity (Wildman–Crippen MR) is 89.5 cm³/mol. The Morgan fingerprint density at radius 2 is 1.96 bits per heavy atom. The van der Waals surface area contributed by atoms with Crippen molar-refractivity contribution in [2.45, 2.75) is 20.5 Å². The summed E-state index contributed by atoms with van der Waals surface area (Å²) in [7, 11) is 0. The van der Waals surface area contributed by atoms with Gasteiger partial charge >= 0.3 is 0 Å². The molecule has 1 N–H and O–H groups in total. The predicted octanol–water partition coefficient (Wildman–Crippen LogP) is 3.21. The Balaban J connectivity index is 1.83. The van der Waals surface area contributed by atoms with Crippen molar-refractivity contribution in [2.75, 3.05) is 26.2 Å². The summed E-state index contributed by atoms with van der Waals surface area (Å²) in [5.74, 6) is -1.32. The van der Waals surface area contributed by atoms with Gasteiger partial charge in [-0.05, 0) is 37.4 Å². The summed E-state index contributed by atoms with van der Waals surface area (Å²) in [5.41, 5.74) is 0. The highest BCUT2D eigenvalue weighted by Gasteiger charge is 2.12. The standard InChI is InChI=1S/C18H22F2N2O3/c1-3-22(4-2)10-9-21-18(23)17-8-6-14(25-17)12-24-16-7-5-13(19)11-15(16)20/h5-8,11H,3-4,9-10,12H2,1-2H3,(H,21,23). The second kappa shape index (κ2) is 9.17. The van der Waals surface area contributed by atoms with E-state index in [-0.39, 0.29) is 24.0 Å². The van der Waals surface area contributed by atoms with Gasteiger partial charge in [0.15, 0.2) is 17.3 Å². The molecule has 0 spiro atoms. The van der Waals surface area contributed by atoms with Crippen molar-refractivity contribution in [3.05, 3.63) is 53.5 Å². The first-order valence-electron chi connectivity index (χ1n) is 8.20. The summed E-state index contributed by atoms with van der Waals surface area (Å²) in [6.07, 6.45) is 0. The van der Waals surface area contributed by atoms with Gasteiger partial charge in [0.2, 0.25) is 0 Å². The molecule has 5 nitrogen and oxygen atoms in total. The molecule has 0 atom stereocenters. The molecular formula is C18H22F2N2O3. The van der Waals surface area contributed by atoms with E-state index in [0.717, 1.165) is 31.8 Å². The molecule has 25 heavy (non-hydrogen) atoms. The Hall–Kier alpha value is -2.41. The number of carbonyl (C=O) groups excluding carboxylic acids is 1. The summed E-state index contributed by atoms with van der Waals surface area (Å²) >= 11 is 0. The smallest absolute Gasteiger partial charge is 0.287 e. The molecule has 0 bridgehead atoms. The number of furan rings is 1. The van der Waals surface area contributed by atoms with Gasteiger partial charge in [0.25, 0.3) is 5.91 Å². The molecule has 0 saturated heterocycles. The molecular weight excluding hydrogens is 330 g/mol. The number of amides is 1. The number of carbonyl (C=O) groups is 1. The SMILES string of the molecule is CCN(CC)CCNC(=O)c1ccc(COc2ccc(F)cc2F)o1. The molecule has 0 aliphatic rings. The van der Waals surface area contributed by atoms with Crippen LogP contribution in [0.5, 0.6) is 5.75 Å². The van der Waals surface area contributed by atoms with E-state index in [2.05, 4.69) is 24.1 Å². The van der Waals surface area contributed by atoms with Gasteiger partial charge in [-0.3, -0.25) is 4.79 Å². The Morgan fingerprint density at radius 3 is 2.64 bits per heavy atom. The van der Waals surface area contributed by atoms with E-state index < -0.39 is 11.6 Å². The van der Waals surface area contributed by atoms with E-state index in [4.69, 9.17) is 9.15 Å². The number of hydrogen-bond acceptors (Lipinski definition) is 4. The summed E-state index contributed by atoms with van der Waals surface area (Å²) in [5, 5.41) is 2.78. The zero-order chi connectivity index (χ0) is 18.2. The lowest BCUT2D eigenvalue weighted by Crippen LogP contribution is -2.34. The maximum absolute atomic E-state index is 13.5. The molecule has 1 aromatic heterocycles. The summed E-state index contributed by atoms with van der Waals surface area (Å²) < 4.78 is 37.0. The number of nitrogens with zero attached hydrogens (tertiary/aromatic N) is 1. The number of likely N-dealkylation sites (N-methyl/N-ethyl adjacent to an activating group) is 1. The first-order chi connectivity index (χ1) is 12.0. The van der Waals surface area contributed by atoms with Gasteiger partial charge in [-0.1, -0.05) is 13.8 Å². The maximum Gasteiger partial charge on any atom is 0.287 e. The molecule has 0 saturated carbocycles. The second-order valence-electron chi connectivity index (χ2n) is 5.41. The Kier molecular flexibility index (Phi) is 6.94. The van der Waals surface area contributed by atoms with E-state index in [1.165, 1.54) is 12.1 Å². The maximum atomic E-state index is 13.5. The van der Waals surface area contributed by atoms with Crippen molar-refractivity contribution in [3.8, 4) is 5.75 Å². The summed E-state index contributed by atoms with van der Waals surface area (Å²) in [6, 6.07) is 6.17. The number of benzene rings is 1. The molecule has 0 aliphatic heterocycles. The van der Waals surface area contributed by atoms with Gasteiger partial charge < -0.3 is 19.4 Å². The van der Waals surface area contributed by atoms with E-state index in [9.17, 15) is 13.6 Å². The van der Waals surface area contributed by atoms with Gasteiger partial charge in [-0.25, -0.2) is 8.78 Å². The van der Waals surface area contributed by atoms with Crippen molar-refractivity contribution >= 4 is 5.91 Å². The molecule has 2 aromatic rings. The Morgan fingerprint density at radius 1 is 1.20 bits per heavy atom.